The van der Waals surface area contributed by atoms with Crippen LogP contribution in [0.2, 0.25) is 0 Å². The third-order valence-electron chi connectivity index (χ3n) is 2.16. The molecule has 58 valence electrons. The van der Waals surface area contributed by atoms with Crippen molar-refractivity contribution in [2.75, 3.05) is 0 Å². The van der Waals surface area contributed by atoms with Gasteiger partial charge < -0.3 is 5.32 Å². The predicted molar refractivity (Wildman–Crippen MR) is 44.2 cm³/mol. The van der Waals surface area contributed by atoms with E-state index in [9.17, 15) is 4.79 Å². The predicted octanol–water partition coefficient (Wildman–Crippen LogP) is 0.829. The molecule has 0 aliphatic carbocycles. The van der Waals surface area contributed by atoms with Crippen LogP contribution in [0.1, 0.15) is 20.8 Å². The van der Waals surface area contributed by atoms with Gasteiger partial charge in [0.25, 0.3) is 0 Å². The number of hydrogen-bond donors (Lipinski definition) is 2. The van der Waals surface area contributed by atoms with E-state index in [4.69, 9.17) is 0 Å². The van der Waals surface area contributed by atoms with Gasteiger partial charge in [-0.3, -0.25) is 4.79 Å². The molecule has 0 spiro atoms. The Labute approximate surface area is 66.8 Å². The van der Waals surface area contributed by atoms with Gasteiger partial charge in [-0.2, -0.15) is 12.6 Å². The van der Waals surface area contributed by atoms with E-state index in [1.165, 1.54) is 0 Å². The number of rotatable bonds is 0. The summed E-state index contributed by atoms with van der Waals surface area (Å²) < 4.78 is 0. The fourth-order valence-electron chi connectivity index (χ4n) is 1.23. The van der Waals surface area contributed by atoms with E-state index in [0.29, 0.717) is 0 Å². The van der Waals surface area contributed by atoms with Crippen molar-refractivity contribution in [1.82, 2.24) is 5.32 Å². The minimum atomic E-state index is -0.303. The van der Waals surface area contributed by atoms with E-state index < -0.39 is 0 Å². The average molecular weight is 159 g/mol. The number of amides is 1. The van der Waals surface area contributed by atoms with Crippen LogP contribution >= 0.6 is 12.6 Å². The molecule has 0 aromatic heterocycles. The molecule has 1 saturated heterocycles. The molecule has 1 aliphatic rings. The molecule has 0 aromatic carbocycles. The van der Waals surface area contributed by atoms with Crippen LogP contribution in [0.3, 0.4) is 0 Å². The van der Waals surface area contributed by atoms with Crippen LogP contribution in [0.25, 0.3) is 0 Å². The first-order chi connectivity index (χ1) is 4.46. The number of hydrogen-bond acceptors (Lipinski definition) is 2. The standard InChI is InChI=1S/C7H13NOS/c1-4-5(10)7(2,3)6(9)8-4/h4-5,10H,1-3H3,(H,8,9). The van der Waals surface area contributed by atoms with Gasteiger partial charge in [0.05, 0.1) is 5.41 Å². The van der Waals surface area contributed by atoms with E-state index in [0.717, 1.165) is 0 Å². The topological polar surface area (TPSA) is 29.1 Å². The number of carbonyl (C=O) groups excluding carboxylic acids is 1. The third kappa shape index (κ3) is 0.926. The normalized spacial score (nSPS) is 37.8. The molecule has 0 bridgehead atoms. The Morgan fingerprint density at radius 2 is 2.10 bits per heavy atom. The molecule has 0 aromatic rings. The van der Waals surface area contributed by atoms with E-state index in [2.05, 4.69) is 17.9 Å². The Bertz CT molecular complexity index is 167. The van der Waals surface area contributed by atoms with Gasteiger partial charge in [-0.25, -0.2) is 0 Å². The van der Waals surface area contributed by atoms with Crippen molar-refractivity contribution < 1.29 is 4.79 Å². The van der Waals surface area contributed by atoms with Crippen molar-refractivity contribution in [2.45, 2.75) is 32.1 Å². The summed E-state index contributed by atoms with van der Waals surface area (Å²) in [5.41, 5.74) is -0.303. The molecular formula is C7H13NOS. The Kier molecular flexibility index (Phi) is 1.71. The van der Waals surface area contributed by atoms with Crippen LogP contribution in [0.15, 0.2) is 0 Å². The van der Waals surface area contributed by atoms with Crippen LogP contribution in [0, 0.1) is 5.41 Å². The summed E-state index contributed by atoms with van der Waals surface area (Å²) in [5, 5.41) is 2.98. The number of nitrogens with one attached hydrogen (secondary N) is 1. The SMILES string of the molecule is CC1NC(=O)C(C)(C)C1S. The monoisotopic (exact) mass is 159 g/mol. The fraction of sp³-hybridized carbons (Fsp3) is 0.857. The van der Waals surface area contributed by atoms with Crippen molar-refractivity contribution in [2.24, 2.45) is 5.41 Å². The zero-order valence-electron chi connectivity index (χ0n) is 6.51. The van der Waals surface area contributed by atoms with Crippen LogP contribution in [-0.2, 0) is 4.79 Å². The van der Waals surface area contributed by atoms with Gasteiger partial charge in [0.2, 0.25) is 5.91 Å². The molecule has 1 rings (SSSR count). The molecule has 0 saturated carbocycles. The van der Waals surface area contributed by atoms with Crippen LogP contribution < -0.4 is 5.32 Å². The Morgan fingerprint density at radius 3 is 2.20 bits per heavy atom. The second-order valence-electron chi connectivity index (χ2n) is 3.43. The fourth-order valence-corrected chi connectivity index (χ4v) is 1.42. The Balaban J connectivity index is 2.85. The highest BCUT2D eigenvalue weighted by Crippen LogP contribution is 2.32. The second kappa shape index (κ2) is 2.16. The van der Waals surface area contributed by atoms with Crippen LogP contribution in [-0.4, -0.2) is 17.2 Å². The Hall–Kier alpha value is -0.180. The minimum absolute atomic E-state index is 0.111. The maximum absolute atomic E-state index is 11.2. The summed E-state index contributed by atoms with van der Waals surface area (Å²) in [5.74, 6) is 0.111. The van der Waals surface area contributed by atoms with Gasteiger partial charge in [-0.1, -0.05) is 0 Å². The van der Waals surface area contributed by atoms with Gasteiger partial charge in [0, 0.05) is 11.3 Å². The molecule has 1 amide bonds. The highest BCUT2D eigenvalue weighted by atomic mass is 32.1. The first-order valence-electron chi connectivity index (χ1n) is 3.45. The molecule has 1 N–H and O–H groups in total. The molecule has 1 heterocycles. The lowest BCUT2D eigenvalue weighted by molar-refractivity contribution is -0.125. The molecule has 0 radical (unpaired) electrons. The zero-order valence-corrected chi connectivity index (χ0v) is 7.40. The highest BCUT2D eigenvalue weighted by molar-refractivity contribution is 7.81. The van der Waals surface area contributed by atoms with Gasteiger partial charge >= 0.3 is 0 Å². The lowest BCUT2D eigenvalue weighted by atomic mass is 9.89. The lowest BCUT2D eigenvalue weighted by Gasteiger charge is -2.19. The summed E-state index contributed by atoms with van der Waals surface area (Å²) in [6.07, 6.45) is 0. The van der Waals surface area contributed by atoms with Crippen molar-refractivity contribution in [1.29, 1.82) is 0 Å². The van der Waals surface area contributed by atoms with Crippen LogP contribution in [0.4, 0.5) is 0 Å². The van der Waals surface area contributed by atoms with Crippen molar-refractivity contribution >= 4 is 18.5 Å². The largest absolute Gasteiger partial charge is 0.352 e. The van der Waals surface area contributed by atoms with Crippen molar-refractivity contribution in [3.63, 3.8) is 0 Å². The first-order valence-corrected chi connectivity index (χ1v) is 3.97. The number of carbonyl (C=O) groups is 1. The molecule has 3 heteroatoms. The molecule has 2 atom stereocenters. The summed E-state index contributed by atoms with van der Waals surface area (Å²) in [4.78, 5) is 11.2. The quantitative estimate of drug-likeness (QED) is 0.504. The smallest absolute Gasteiger partial charge is 0.227 e. The van der Waals surface area contributed by atoms with Gasteiger partial charge in [-0.15, -0.1) is 0 Å². The van der Waals surface area contributed by atoms with E-state index in [1.54, 1.807) is 0 Å². The third-order valence-corrected chi connectivity index (χ3v) is 3.25. The highest BCUT2D eigenvalue weighted by Gasteiger charge is 2.44. The van der Waals surface area contributed by atoms with Gasteiger partial charge in [0.1, 0.15) is 0 Å². The summed E-state index contributed by atoms with van der Waals surface area (Å²) in [6, 6.07) is 0.200. The van der Waals surface area contributed by atoms with Gasteiger partial charge in [0.15, 0.2) is 0 Å². The van der Waals surface area contributed by atoms with E-state index >= 15 is 0 Å². The maximum Gasteiger partial charge on any atom is 0.227 e. The van der Waals surface area contributed by atoms with Crippen molar-refractivity contribution in [3.05, 3.63) is 0 Å². The molecule has 1 fully saturated rings. The molecule has 1 aliphatic heterocycles. The van der Waals surface area contributed by atoms with Crippen molar-refractivity contribution in [3.8, 4) is 0 Å². The van der Waals surface area contributed by atoms with Crippen LogP contribution in [0.5, 0.6) is 0 Å². The minimum Gasteiger partial charge on any atom is -0.352 e. The zero-order chi connectivity index (χ0) is 7.94. The number of thiol groups is 1. The Morgan fingerprint density at radius 1 is 1.60 bits per heavy atom. The summed E-state index contributed by atoms with van der Waals surface area (Å²) in [7, 11) is 0. The first kappa shape index (κ1) is 7.92. The van der Waals surface area contributed by atoms with Gasteiger partial charge in [-0.05, 0) is 20.8 Å². The maximum atomic E-state index is 11.2. The summed E-state index contributed by atoms with van der Waals surface area (Å²) >= 11 is 4.34. The van der Waals surface area contributed by atoms with E-state index in [-0.39, 0.29) is 22.6 Å². The summed E-state index contributed by atoms with van der Waals surface area (Å²) in [6.45, 7) is 5.82. The second-order valence-corrected chi connectivity index (χ2v) is 3.99. The molecule has 2 unspecified atom stereocenters. The lowest BCUT2D eigenvalue weighted by Crippen LogP contribution is -2.28. The molecule has 2 nitrogen and oxygen atoms in total. The molecule has 10 heavy (non-hydrogen) atoms. The van der Waals surface area contributed by atoms with E-state index in [1.807, 2.05) is 20.8 Å². The molecular weight excluding hydrogens is 146 g/mol. The average Bonchev–Trinajstić information content (AvgIpc) is 1.97.